The van der Waals surface area contributed by atoms with Gasteiger partial charge in [0.15, 0.2) is 11.4 Å². The van der Waals surface area contributed by atoms with Crippen LogP contribution in [0.4, 0.5) is 35.1 Å². The van der Waals surface area contributed by atoms with E-state index in [4.69, 9.17) is 5.11 Å². The molecule has 2 N–H and O–H groups in total. The van der Waals surface area contributed by atoms with E-state index in [-0.39, 0.29) is 64.2 Å². The lowest BCUT2D eigenvalue weighted by molar-refractivity contribution is -0.142. The Bertz CT molecular complexity index is 2520. The van der Waals surface area contributed by atoms with E-state index in [9.17, 15) is 54.3 Å². The average molecular weight is 821 g/mol. The van der Waals surface area contributed by atoms with E-state index in [1.807, 2.05) is 0 Å². The molecule has 300 valence electrons. The molecule has 0 saturated heterocycles. The van der Waals surface area contributed by atoms with Crippen LogP contribution in [0.3, 0.4) is 0 Å². The van der Waals surface area contributed by atoms with Gasteiger partial charge in [-0.1, -0.05) is 24.3 Å². The van der Waals surface area contributed by atoms with Crippen LogP contribution < -0.4 is 5.32 Å². The number of rotatable bonds is 5. The van der Waals surface area contributed by atoms with Gasteiger partial charge in [-0.2, -0.15) is 26.3 Å². The highest BCUT2D eigenvalue weighted by atomic mass is 19.4. The lowest BCUT2D eigenvalue weighted by Gasteiger charge is -2.15. The lowest BCUT2D eigenvalue weighted by Crippen LogP contribution is -2.29. The molecule has 0 unspecified atom stereocenters. The number of aliphatic hydroxyl groups excluding tert-OH is 1. The minimum atomic E-state index is -4.63. The van der Waals surface area contributed by atoms with E-state index < -0.39 is 47.2 Å². The third-order valence-electron chi connectivity index (χ3n) is 8.44. The first-order chi connectivity index (χ1) is 27.9. The number of halogens is 8. The number of alkyl halides is 6. The molecule has 4 aromatic carbocycles. The molecule has 8 rings (SSSR count). The summed E-state index contributed by atoms with van der Waals surface area (Å²) in [5.74, 6) is -2.88. The number of fused-ring (bicyclic) bond motifs is 2. The molecule has 59 heavy (non-hydrogen) atoms. The van der Waals surface area contributed by atoms with E-state index in [0.29, 0.717) is 29.1 Å². The minimum absolute atomic E-state index is 0.0288. The van der Waals surface area contributed by atoms with Crippen molar-refractivity contribution in [2.45, 2.75) is 25.5 Å². The van der Waals surface area contributed by atoms with Gasteiger partial charge in [-0.3, -0.25) is 39.4 Å². The molecular formula is C40H24F8N6O5. The lowest BCUT2D eigenvalue weighted by atomic mass is 10.1. The van der Waals surface area contributed by atoms with E-state index in [1.165, 1.54) is 24.3 Å². The first-order valence-corrected chi connectivity index (χ1v) is 16.8. The quantitative estimate of drug-likeness (QED) is 0.133. The number of aliphatic hydroxyl groups is 1. The zero-order valence-electron chi connectivity index (χ0n) is 29.6. The molecule has 2 aromatic heterocycles. The van der Waals surface area contributed by atoms with Gasteiger partial charge in [0.05, 0.1) is 71.6 Å². The van der Waals surface area contributed by atoms with Crippen LogP contribution >= 0.6 is 0 Å². The maximum Gasteiger partial charge on any atom is 0.434 e. The van der Waals surface area contributed by atoms with Crippen molar-refractivity contribution in [3.05, 3.63) is 166 Å². The number of amides is 4. The summed E-state index contributed by atoms with van der Waals surface area (Å²) < 4.78 is 102. The molecule has 4 amide bonds. The number of carbonyl (C=O) groups excluding carboxylic acids is 4. The molecule has 2 aliphatic rings. The van der Waals surface area contributed by atoms with Gasteiger partial charge in [-0.15, -0.1) is 0 Å². The number of nitrogens with one attached hydrogen (secondary N) is 1. The van der Waals surface area contributed by atoms with Crippen molar-refractivity contribution in [2.24, 2.45) is 0 Å². The maximum absolute atomic E-state index is 14.1. The van der Waals surface area contributed by atoms with E-state index in [2.05, 4.69) is 25.3 Å². The summed E-state index contributed by atoms with van der Waals surface area (Å²) in [5.41, 5.74) is 0.346. The Labute approximate surface area is 327 Å². The van der Waals surface area contributed by atoms with Crippen molar-refractivity contribution in [1.82, 2.24) is 30.2 Å². The first kappa shape index (κ1) is 41.4. The van der Waals surface area contributed by atoms with Gasteiger partial charge >= 0.3 is 12.4 Å². The number of aromatic nitrogens is 4. The second kappa shape index (κ2) is 16.7. The van der Waals surface area contributed by atoms with Crippen LogP contribution in [-0.4, -0.2) is 53.6 Å². The van der Waals surface area contributed by atoms with Gasteiger partial charge in [-0.05, 0) is 71.8 Å². The van der Waals surface area contributed by atoms with Crippen LogP contribution in [0.15, 0.2) is 110 Å². The Morgan fingerprint density at radius 2 is 0.949 bits per heavy atom. The van der Waals surface area contributed by atoms with Crippen LogP contribution in [-0.2, 0) is 25.5 Å². The summed E-state index contributed by atoms with van der Waals surface area (Å²) in [4.78, 5) is 61.7. The smallest absolute Gasteiger partial charge is 0.392 e. The summed E-state index contributed by atoms with van der Waals surface area (Å²) in [7, 11) is 0. The average Bonchev–Trinajstić information content (AvgIpc) is 3.63. The molecular weight excluding hydrogens is 796 g/mol. The van der Waals surface area contributed by atoms with Gasteiger partial charge in [0.2, 0.25) is 0 Å². The van der Waals surface area contributed by atoms with Crippen molar-refractivity contribution in [2.75, 3.05) is 0 Å². The highest BCUT2D eigenvalue weighted by Gasteiger charge is 2.36. The molecule has 0 aliphatic carbocycles. The van der Waals surface area contributed by atoms with Crippen LogP contribution in [0.5, 0.6) is 0 Å². The molecule has 11 nitrogen and oxygen atoms in total. The minimum Gasteiger partial charge on any atom is -0.392 e. The SMILES string of the molecule is O=C1NC(=O)c2ccccc21.O=C1c2ccccc2C(=O)N1Cc1cc(F)cc(-c2cnc(C(F)(F)F)cn2)c1.OCc1cc(F)cc(-c2cnc(C(F)(F)F)cn2)c1. The van der Waals surface area contributed by atoms with Crippen LogP contribution in [0.25, 0.3) is 22.5 Å². The number of imide groups is 2. The molecule has 4 heterocycles. The monoisotopic (exact) mass is 820 g/mol. The molecule has 0 radical (unpaired) electrons. The van der Waals surface area contributed by atoms with Crippen LogP contribution in [0.2, 0.25) is 0 Å². The van der Waals surface area contributed by atoms with Crippen molar-refractivity contribution in [1.29, 1.82) is 0 Å². The summed E-state index contributed by atoms with van der Waals surface area (Å²) in [6.07, 6.45) is -6.25. The van der Waals surface area contributed by atoms with Gasteiger partial charge in [0.1, 0.15) is 11.6 Å². The largest absolute Gasteiger partial charge is 0.434 e. The molecule has 0 saturated carbocycles. The Kier molecular flexibility index (Phi) is 11.7. The zero-order chi connectivity index (χ0) is 42.6. The second-order valence-corrected chi connectivity index (χ2v) is 12.5. The summed E-state index contributed by atoms with van der Waals surface area (Å²) >= 11 is 0. The highest BCUT2D eigenvalue weighted by molar-refractivity contribution is 6.22. The van der Waals surface area contributed by atoms with Gasteiger partial charge in [0.25, 0.3) is 23.6 Å². The van der Waals surface area contributed by atoms with Crippen molar-refractivity contribution in [3.63, 3.8) is 0 Å². The van der Waals surface area contributed by atoms with Crippen molar-refractivity contribution in [3.8, 4) is 22.5 Å². The Morgan fingerprint density at radius 3 is 1.34 bits per heavy atom. The molecule has 6 aromatic rings. The second-order valence-electron chi connectivity index (χ2n) is 12.5. The fourth-order valence-electron chi connectivity index (χ4n) is 5.71. The molecule has 0 atom stereocenters. The number of hydrogen-bond donors (Lipinski definition) is 2. The van der Waals surface area contributed by atoms with Gasteiger partial charge < -0.3 is 5.11 Å². The predicted molar refractivity (Wildman–Crippen MR) is 190 cm³/mol. The summed E-state index contributed by atoms with van der Waals surface area (Å²) in [5, 5.41) is 11.1. The molecule has 2 aliphatic heterocycles. The molecule has 0 bridgehead atoms. The fraction of sp³-hybridized carbons (Fsp3) is 0.100. The Balaban J connectivity index is 0.000000166. The summed E-state index contributed by atoms with van der Waals surface area (Å²) in [6, 6.07) is 20.4. The maximum atomic E-state index is 14.1. The number of carbonyl (C=O) groups is 4. The Hall–Kier alpha value is -7.28. The van der Waals surface area contributed by atoms with Crippen molar-refractivity contribution < 1.29 is 59.4 Å². The van der Waals surface area contributed by atoms with E-state index in [0.717, 1.165) is 41.6 Å². The highest BCUT2D eigenvalue weighted by Crippen LogP contribution is 2.30. The Morgan fingerprint density at radius 1 is 0.542 bits per heavy atom. The van der Waals surface area contributed by atoms with E-state index >= 15 is 0 Å². The number of benzene rings is 4. The van der Waals surface area contributed by atoms with Gasteiger partial charge in [0, 0.05) is 11.1 Å². The third-order valence-corrected chi connectivity index (χ3v) is 8.44. The predicted octanol–water partition coefficient (Wildman–Crippen LogP) is 7.46. The van der Waals surface area contributed by atoms with E-state index in [1.54, 1.807) is 36.4 Å². The zero-order valence-corrected chi connectivity index (χ0v) is 29.6. The number of hydrogen-bond acceptors (Lipinski definition) is 9. The normalized spacial score (nSPS) is 13.2. The van der Waals surface area contributed by atoms with Crippen LogP contribution in [0.1, 0.15) is 63.9 Å². The fourth-order valence-corrected chi connectivity index (χ4v) is 5.71. The molecule has 0 fully saturated rings. The van der Waals surface area contributed by atoms with Gasteiger partial charge in [-0.25, -0.2) is 18.7 Å². The molecule has 19 heteroatoms. The standard InChI is InChI=1S/C20H11F4N3O2.C12H8F4N2O.C8H5NO2/c21-13-6-11(10-27-18(28)14-3-1-2-4-15(14)19(27)29)5-12(7-13)16-8-26-17(9-25-16)20(22,23)24;13-9-2-7(6-19)1-8(3-9)10-4-18-11(5-17-10)12(14,15)16;10-7-5-3-1-2-4-6(5)8(11)9-7/h1-9H,10H2;1-5,19H,6H2;1-4H,(H,9,10,11). The third kappa shape index (κ3) is 9.48. The first-order valence-electron chi connectivity index (χ1n) is 16.8. The van der Waals surface area contributed by atoms with Crippen LogP contribution in [0, 0.1) is 11.6 Å². The summed E-state index contributed by atoms with van der Waals surface area (Å²) in [6.45, 7) is -0.565. The topological polar surface area (TPSA) is 155 Å². The number of nitrogens with zero attached hydrogens (tertiary/aromatic N) is 5. The molecule has 0 spiro atoms. The van der Waals surface area contributed by atoms with Crippen molar-refractivity contribution >= 4 is 23.6 Å².